The summed E-state index contributed by atoms with van der Waals surface area (Å²) in [5.41, 5.74) is 12.2. The first-order valence-corrected chi connectivity index (χ1v) is 17.2. The molecule has 1 saturated heterocycles. The Labute approximate surface area is 302 Å². The number of carboxylic acids is 1. The van der Waals surface area contributed by atoms with E-state index < -0.39 is 18.1 Å². The number of primary amides is 1. The van der Waals surface area contributed by atoms with Crippen LogP contribution in [0.15, 0.2) is 91.0 Å². The Morgan fingerprint density at radius 3 is 1.96 bits per heavy atom. The number of rotatable bonds is 9. The molecule has 4 aromatic carbocycles. The zero-order valence-electron chi connectivity index (χ0n) is 27.3. The summed E-state index contributed by atoms with van der Waals surface area (Å²) in [6, 6.07) is 31.3. The second-order valence-electron chi connectivity index (χ2n) is 12.7. The van der Waals surface area contributed by atoms with Crippen LogP contribution in [0.2, 0.25) is 10.0 Å². The number of carbonyl (C=O) groups excluding carboxylic acids is 1. The summed E-state index contributed by atoms with van der Waals surface area (Å²) < 4.78 is 39.8. The Morgan fingerprint density at radius 2 is 1.43 bits per heavy atom. The molecule has 2 fully saturated rings. The summed E-state index contributed by atoms with van der Waals surface area (Å²) in [4.78, 5) is 27.7. The van der Waals surface area contributed by atoms with Gasteiger partial charge in [-0.15, -0.1) is 0 Å². The van der Waals surface area contributed by atoms with E-state index in [0.29, 0.717) is 17.7 Å². The number of aliphatic carboxylic acids is 1. The van der Waals surface area contributed by atoms with Gasteiger partial charge >= 0.3 is 12.1 Å². The standard InChI is InChI=1S/C36H34Cl2N4O2.C2HF3O2/c37-27-11-6-23(7-12-27)35(24-8-13-28(38)14-9-24)26-10-15-32-33(20-26)42(36(40-32)25-4-5-25)29-16-18-41(19-17-29)30-2-1-3-31(21-30)44-22-34(39)43;3-2(4,5)1(6)7/h1-3,6-15,20-21,25,29,35H,4-5,16-19,22H2,(H2,39,43);(H,6,7). The van der Waals surface area contributed by atoms with E-state index in [1.807, 2.05) is 42.5 Å². The summed E-state index contributed by atoms with van der Waals surface area (Å²) in [6.45, 7) is 1.72. The Balaban J connectivity index is 0.000000582. The third kappa shape index (κ3) is 8.77. The van der Waals surface area contributed by atoms with Gasteiger partial charge in [0.2, 0.25) is 0 Å². The van der Waals surface area contributed by atoms with E-state index in [4.69, 9.17) is 48.6 Å². The Hall–Kier alpha value is -4.74. The van der Waals surface area contributed by atoms with Gasteiger partial charge in [0.25, 0.3) is 5.91 Å². The smallest absolute Gasteiger partial charge is 0.484 e. The maximum absolute atomic E-state index is 11.2. The molecule has 1 aromatic heterocycles. The normalized spacial score (nSPS) is 15.1. The van der Waals surface area contributed by atoms with Crippen molar-refractivity contribution < 1.29 is 32.6 Å². The fraction of sp³-hybridized carbons (Fsp3) is 0.289. The highest BCUT2D eigenvalue weighted by Gasteiger charge is 2.38. The molecule has 3 N–H and O–H groups in total. The number of piperidine rings is 1. The molecule has 0 unspecified atom stereocenters. The van der Waals surface area contributed by atoms with Crippen LogP contribution in [0.5, 0.6) is 5.75 Å². The van der Waals surface area contributed by atoms with E-state index in [-0.39, 0.29) is 12.5 Å². The van der Waals surface area contributed by atoms with Crippen molar-refractivity contribution in [2.24, 2.45) is 5.73 Å². The molecular formula is C38H35Cl2F3N4O4. The number of ether oxygens (including phenoxy) is 1. The second-order valence-corrected chi connectivity index (χ2v) is 13.5. The van der Waals surface area contributed by atoms with E-state index in [2.05, 4.69) is 58.0 Å². The van der Waals surface area contributed by atoms with Crippen LogP contribution in [-0.4, -0.2) is 52.4 Å². The molecule has 0 radical (unpaired) electrons. The number of anilines is 1. The first kappa shape index (κ1) is 36.1. The summed E-state index contributed by atoms with van der Waals surface area (Å²) >= 11 is 12.6. The van der Waals surface area contributed by atoms with Gasteiger partial charge in [-0.25, -0.2) is 9.78 Å². The molecular weight excluding hydrogens is 704 g/mol. The summed E-state index contributed by atoms with van der Waals surface area (Å²) in [7, 11) is 0. The van der Waals surface area contributed by atoms with Crippen molar-refractivity contribution in [3.05, 3.63) is 124 Å². The Morgan fingerprint density at radius 1 is 0.863 bits per heavy atom. The number of aromatic nitrogens is 2. The van der Waals surface area contributed by atoms with Crippen LogP contribution in [0.1, 0.15) is 66.1 Å². The van der Waals surface area contributed by atoms with Crippen LogP contribution >= 0.6 is 23.2 Å². The Bertz CT molecular complexity index is 1960. The fourth-order valence-electron chi connectivity index (χ4n) is 6.52. The third-order valence-electron chi connectivity index (χ3n) is 9.06. The van der Waals surface area contributed by atoms with Gasteiger partial charge in [-0.2, -0.15) is 13.2 Å². The lowest BCUT2D eigenvalue weighted by Gasteiger charge is -2.35. The monoisotopic (exact) mass is 738 g/mol. The molecule has 0 atom stereocenters. The number of hydrogen-bond acceptors (Lipinski definition) is 5. The first-order valence-electron chi connectivity index (χ1n) is 16.5. The molecule has 1 amide bonds. The van der Waals surface area contributed by atoms with E-state index in [9.17, 15) is 18.0 Å². The number of carboxylic acid groups (broad SMARTS) is 1. The molecule has 266 valence electrons. The van der Waals surface area contributed by atoms with Crippen LogP contribution < -0.4 is 15.4 Å². The zero-order valence-corrected chi connectivity index (χ0v) is 28.8. The number of hydrogen-bond donors (Lipinski definition) is 2. The molecule has 13 heteroatoms. The molecule has 1 saturated carbocycles. The largest absolute Gasteiger partial charge is 0.490 e. The number of nitrogens with zero attached hydrogens (tertiary/aromatic N) is 3. The van der Waals surface area contributed by atoms with Gasteiger partial charge in [0.15, 0.2) is 6.61 Å². The van der Waals surface area contributed by atoms with E-state index >= 15 is 0 Å². The van der Waals surface area contributed by atoms with Crippen molar-refractivity contribution in [1.29, 1.82) is 0 Å². The molecule has 7 rings (SSSR count). The molecule has 2 heterocycles. The average Bonchev–Trinajstić information content (AvgIpc) is 3.89. The van der Waals surface area contributed by atoms with Crippen LogP contribution in [0.3, 0.4) is 0 Å². The van der Waals surface area contributed by atoms with Gasteiger partial charge in [-0.05, 0) is 90.9 Å². The van der Waals surface area contributed by atoms with E-state index in [1.165, 1.54) is 40.9 Å². The number of fused-ring (bicyclic) bond motifs is 1. The summed E-state index contributed by atoms with van der Waals surface area (Å²) in [5.74, 6) is -0.784. The Kier molecular flexibility index (Phi) is 10.8. The maximum atomic E-state index is 11.2. The van der Waals surface area contributed by atoms with Crippen LogP contribution in [-0.2, 0) is 9.59 Å². The van der Waals surface area contributed by atoms with E-state index in [0.717, 1.165) is 47.2 Å². The van der Waals surface area contributed by atoms with Crippen molar-refractivity contribution in [1.82, 2.24) is 9.55 Å². The minimum Gasteiger partial charge on any atom is -0.484 e. The van der Waals surface area contributed by atoms with Gasteiger partial charge in [0.1, 0.15) is 11.6 Å². The molecule has 51 heavy (non-hydrogen) atoms. The number of imidazole rings is 1. The minimum absolute atomic E-state index is 0.0348. The molecule has 2 aliphatic rings. The number of nitrogens with two attached hydrogens (primary N) is 1. The molecule has 8 nitrogen and oxygen atoms in total. The van der Waals surface area contributed by atoms with Crippen molar-refractivity contribution in [3.63, 3.8) is 0 Å². The quantitative estimate of drug-likeness (QED) is 0.146. The lowest BCUT2D eigenvalue weighted by Crippen LogP contribution is -2.35. The van der Waals surface area contributed by atoms with Gasteiger partial charge in [-0.3, -0.25) is 4.79 Å². The number of carbonyl (C=O) groups is 2. The molecule has 1 aliphatic heterocycles. The van der Waals surface area contributed by atoms with E-state index in [1.54, 1.807) is 0 Å². The number of benzene rings is 4. The number of alkyl halides is 3. The minimum atomic E-state index is -5.08. The number of halogens is 5. The highest BCUT2D eigenvalue weighted by atomic mass is 35.5. The van der Waals surface area contributed by atoms with Crippen molar-refractivity contribution in [2.75, 3.05) is 24.6 Å². The predicted molar refractivity (Wildman–Crippen MR) is 191 cm³/mol. The highest BCUT2D eigenvalue weighted by Crippen LogP contribution is 2.44. The fourth-order valence-corrected chi connectivity index (χ4v) is 6.77. The highest BCUT2D eigenvalue weighted by molar-refractivity contribution is 6.30. The lowest BCUT2D eigenvalue weighted by molar-refractivity contribution is -0.192. The van der Waals surface area contributed by atoms with Crippen molar-refractivity contribution >= 4 is 51.8 Å². The maximum Gasteiger partial charge on any atom is 0.490 e. The van der Waals surface area contributed by atoms with Crippen molar-refractivity contribution in [3.8, 4) is 5.75 Å². The van der Waals surface area contributed by atoms with Crippen molar-refractivity contribution in [2.45, 2.75) is 49.7 Å². The first-order chi connectivity index (χ1) is 24.4. The molecule has 0 bridgehead atoms. The van der Waals surface area contributed by atoms with Crippen LogP contribution in [0.4, 0.5) is 18.9 Å². The van der Waals surface area contributed by atoms with Gasteiger partial charge in [0.05, 0.1) is 11.0 Å². The molecule has 5 aromatic rings. The van der Waals surface area contributed by atoms with Crippen LogP contribution in [0.25, 0.3) is 11.0 Å². The summed E-state index contributed by atoms with van der Waals surface area (Å²) in [6.07, 6.45) is -0.657. The average molecular weight is 740 g/mol. The lowest BCUT2D eigenvalue weighted by atomic mass is 9.85. The SMILES string of the molecule is NC(=O)COc1cccc(N2CCC(n3c(C4CC4)nc4ccc(C(c5ccc(Cl)cc5)c5ccc(Cl)cc5)cc43)CC2)c1.O=C(O)C(F)(F)F. The van der Waals surface area contributed by atoms with Gasteiger partial charge in [0, 0.05) is 52.8 Å². The predicted octanol–water partition coefficient (Wildman–Crippen LogP) is 8.74. The van der Waals surface area contributed by atoms with Gasteiger partial charge < -0.3 is 25.0 Å². The third-order valence-corrected chi connectivity index (χ3v) is 9.56. The zero-order chi connectivity index (χ0) is 36.3. The molecule has 0 spiro atoms. The van der Waals surface area contributed by atoms with Crippen LogP contribution in [0, 0.1) is 0 Å². The topological polar surface area (TPSA) is 111 Å². The second kappa shape index (κ2) is 15.2. The number of amides is 1. The summed E-state index contributed by atoms with van der Waals surface area (Å²) in [5, 5.41) is 8.57. The molecule has 1 aliphatic carbocycles. The van der Waals surface area contributed by atoms with Gasteiger partial charge in [-0.1, -0.05) is 59.6 Å².